The SMILES string of the molecule is Cc1cccc(NCc2cccc(OCC#N)c2)c1Br. The molecule has 102 valence electrons. The van der Waals surface area contributed by atoms with Crippen LogP contribution in [0.15, 0.2) is 46.9 Å². The van der Waals surface area contributed by atoms with Crippen LogP contribution in [0.5, 0.6) is 5.75 Å². The number of ether oxygens (including phenoxy) is 1. The van der Waals surface area contributed by atoms with Crippen molar-refractivity contribution < 1.29 is 4.74 Å². The van der Waals surface area contributed by atoms with E-state index in [1.54, 1.807) is 0 Å². The van der Waals surface area contributed by atoms with Gasteiger partial charge in [0.1, 0.15) is 11.8 Å². The lowest BCUT2D eigenvalue weighted by Crippen LogP contribution is -2.01. The lowest BCUT2D eigenvalue weighted by Gasteiger charge is -2.11. The van der Waals surface area contributed by atoms with E-state index in [1.165, 1.54) is 5.56 Å². The van der Waals surface area contributed by atoms with E-state index >= 15 is 0 Å². The van der Waals surface area contributed by atoms with E-state index in [0.717, 1.165) is 15.7 Å². The van der Waals surface area contributed by atoms with E-state index in [2.05, 4.69) is 34.2 Å². The van der Waals surface area contributed by atoms with Crippen LogP contribution in [-0.4, -0.2) is 6.61 Å². The number of benzene rings is 2. The molecular weight excluding hydrogens is 316 g/mol. The lowest BCUT2D eigenvalue weighted by atomic mass is 10.2. The van der Waals surface area contributed by atoms with Crippen LogP contribution in [0.25, 0.3) is 0 Å². The van der Waals surface area contributed by atoms with Gasteiger partial charge >= 0.3 is 0 Å². The zero-order valence-corrected chi connectivity index (χ0v) is 12.8. The first kappa shape index (κ1) is 14.4. The molecule has 4 heteroatoms. The molecule has 0 unspecified atom stereocenters. The summed E-state index contributed by atoms with van der Waals surface area (Å²) in [6.45, 7) is 2.83. The van der Waals surface area contributed by atoms with Gasteiger partial charge in [-0.25, -0.2) is 0 Å². The minimum atomic E-state index is 0.0698. The van der Waals surface area contributed by atoms with Gasteiger partial charge in [0.2, 0.25) is 0 Å². The Bertz CT molecular complexity index is 635. The van der Waals surface area contributed by atoms with Gasteiger partial charge in [0.15, 0.2) is 6.61 Å². The predicted octanol–water partition coefficient (Wildman–Crippen LogP) is 4.27. The minimum Gasteiger partial charge on any atom is -0.479 e. The molecule has 0 radical (unpaired) electrons. The zero-order chi connectivity index (χ0) is 14.4. The average Bonchev–Trinajstić information content (AvgIpc) is 2.47. The average molecular weight is 331 g/mol. The van der Waals surface area contributed by atoms with E-state index in [9.17, 15) is 0 Å². The summed E-state index contributed by atoms with van der Waals surface area (Å²) in [5, 5.41) is 11.9. The van der Waals surface area contributed by atoms with Crippen LogP contribution >= 0.6 is 15.9 Å². The molecule has 0 bridgehead atoms. The molecule has 20 heavy (non-hydrogen) atoms. The molecule has 0 saturated carbocycles. The fourth-order valence-corrected chi connectivity index (χ4v) is 2.25. The second kappa shape index (κ2) is 6.97. The molecule has 0 aliphatic carbocycles. The molecule has 0 fully saturated rings. The number of hydrogen-bond donors (Lipinski definition) is 1. The Kier molecular flexibility index (Phi) is 5.03. The molecule has 2 aromatic rings. The van der Waals surface area contributed by atoms with Crippen LogP contribution in [0, 0.1) is 18.3 Å². The Morgan fingerprint density at radius 3 is 2.85 bits per heavy atom. The molecule has 0 saturated heterocycles. The Labute approximate surface area is 127 Å². The normalized spacial score (nSPS) is 9.85. The fraction of sp³-hybridized carbons (Fsp3) is 0.188. The molecule has 0 heterocycles. The van der Waals surface area contributed by atoms with Gasteiger partial charge in [-0.1, -0.05) is 24.3 Å². The summed E-state index contributed by atoms with van der Waals surface area (Å²) in [7, 11) is 0. The second-order valence-corrected chi connectivity index (χ2v) is 5.18. The summed E-state index contributed by atoms with van der Waals surface area (Å²) >= 11 is 3.58. The van der Waals surface area contributed by atoms with Crippen molar-refractivity contribution in [1.82, 2.24) is 0 Å². The van der Waals surface area contributed by atoms with E-state index < -0.39 is 0 Å². The van der Waals surface area contributed by atoms with Gasteiger partial charge in [0, 0.05) is 16.7 Å². The molecule has 0 aliphatic heterocycles. The standard InChI is InChI=1S/C16H15BrN2O/c1-12-4-2-7-15(16(12)17)19-11-13-5-3-6-14(10-13)20-9-8-18/h2-7,10,19H,9,11H2,1H3. The van der Waals surface area contributed by atoms with Crippen molar-refractivity contribution in [3.63, 3.8) is 0 Å². The van der Waals surface area contributed by atoms with Crippen molar-refractivity contribution >= 4 is 21.6 Å². The maximum Gasteiger partial charge on any atom is 0.174 e. The van der Waals surface area contributed by atoms with Crippen LogP contribution < -0.4 is 10.1 Å². The molecule has 0 atom stereocenters. The zero-order valence-electron chi connectivity index (χ0n) is 11.2. The second-order valence-electron chi connectivity index (χ2n) is 4.38. The number of nitriles is 1. The van der Waals surface area contributed by atoms with Gasteiger partial charge in [0.25, 0.3) is 0 Å². The molecule has 0 spiro atoms. The number of halogens is 1. The van der Waals surface area contributed by atoms with Crippen molar-refractivity contribution in [3.8, 4) is 11.8 Å². The summed E-state index contributed by atoms with van der Waals surface area (Å²) in [5.41, 5.74) is 3.36. The summed E-state index contributed by atoms with van der Waals surface area (Å²) in [6, 6.07) is 15.8. The largest absolute Gasteiger partial charge is 0.479 e. The van der Waals surface area contributed by atoms with Crippen LogP contribution in [0.4, 0.5) is 5.69 Å². The Morgan fingerprint density at radius 1 is 1.25 bits per heavy atom. The maximum atomic E-state index is 8.51. The van der Waals surface area contributed by atoms with Crippen LogP contribution in [0.1, 0.15) is 11.1 Å². The van der Waals surface area contributed by atoms with Gasteiger partial charge in [0.05, 0.1) is 0 Å². The minimum absolute atomic E-state index is 0.0698. The fourth-order valence-electron chi connectivity index (χ4n) is 1.84. The van der Waals surface area contributed by atoms with Gasteiger partial charge in [-0.2, -0.15) is 5.26 Å². The topological polar surface area (TPSA) is 45.0 Å². The highest BCUT2D eigenvalue weighted by molar-refractivity contribution is 9.10. The molecule has 2 rings (SSSR count). The van der Waals surface area contributed by atoms with E-state index in [4.69, 9.17) is 10.00 Å². The summed E-state index contributed by atoms with van der Waals surface area (Å²) < 4.78 is 6.37. The first-order chi connectivity index (χ1) is 9.70. The number of nitrogens with zero attached hydrogens (tertiary/aromatic N) is 1. The van der Waals surface area contributed by atoms with E-state index in [1.807, 2.05) is 42.5 Å². The number of hydrogen-bond acceptors (Lipinski definition) is 3. The Hall–Kier alpha value is -1.99. The van der Waals surface area contributed by atoms with Gasteiger partial charge in [-0.05, 0) is 52.2 Å². The molecule has 3 nitrogen and oxygen atoms in total. The van der Waals surface area contributed by atoms with Crippen LogP contribution in [0.2, 0.25) is 0 Å². The third-order valence-corrected chi connectivity index (χ3v) is 3.93. The molecule has 2 aromatic carbocycles. The van der Waals surface area contributed by atoms with Gasteiger partial charge in [-0.15, -0.1) is 0 Å². The first-order valence-electron chi connectivity index (χ1n) is 6.28. The Morgan fingerprint density at radius 2 is 2.05 bits per heavy atom. The highest BCUT2D eigenvalue weighted by Gasteiger charge is 2.02. The van der Waals surface area contributed by atoms with E-state index in [0.29, 0.717) is 12.3 Å². The van der Waals surface area contributed by atoms with Gasteiger partial charge < -0.3 is 10.1 Å². The first-order valence-corrected chi connectivity index (χ1v) is 7.07. The smallest absolute Gasteiger partial charge is 0.174 e. The van der Waals surface area contributed by atoms with Crippen molar-refractivity contribution in [2.24, 2.45) is 0 Å². The number of nitrogens with one attached hydrogen (secondary N) is 1. The molecule has 1 N–H and O–H groups in total. The van der Waals surface area contributed by atoms with Crippen LogP contribution in [0.3, 0.4) is 0 Å². The number of anilines is 1. The van der Waals surface area contributed by atoms with E-state index in [-0.39, 0.29) is 6.61 Å². The summed E-state index contributed by atoms with van der Waals surface area (Å²) in [6.07, 6.45) is 0. The Balaban J connectivity index is 2.04. The van der Waals surface area contributed by atoms with Crippen LogP contribution in [-0.2, 0) is 6.54 Å². The third-order valence-electron chi connectivity index (χ3n) is 2.88. The molecule has 0 amide bonds. The molecule has 0 aliphatic rings. The van der Waals surface area contributed by atoms with Crippen molar-refractivity contribution in [1.29, 1.82) is 5.26 Å². The highest BCUT2D eigenvalue weighted by Crippen LogP contribution is 2.26. The van der Waals surface area contributed by atoms with Gasteiger partial charge in [-0.3, -0.25) is 0 Å². The number of aryl methyl sites for hydroxylation is 1. The third kappa shape index (κ3) is 3.75. The van der Waals surface area contributed by atoms with Crippen molar-refractivity contribution in [3.05, 3.63) is 58.1 Å². The highest BCUT2D eigenvalue weighted by atomic mass is 79.9. The molecule has 0 aromatic heterocycles. The summed E-state index contributed by atoms with van der Waals surface area (Å²) in [4.78, 5) is 0. The molecular formula is C16H15BrN2O. The lowest BCUT2D eigenvalue weighted by molar-refractivity contribution is 0.368. The van der Waals surface area contributed by atoms with Crippen molar-refractivity contribution in [2.45, 2.75) is 13.5 Å². The predicted molar refractivity (Wildman–Crippen MR) is 83.8 cm³/mol. The maximum absolute atomic E-state index is 8.51. The quantitative estimate of drug-likeness (QED) is 0.890. The summed E-state index contributed by atoms with van der Waals surface area (Å²) in [5.74, 6) is 0.717. The monoisotopic (exact) mass is 330 g/mol. The number of rotatable bonds is 5. The van der Waals surface area contributed by atoms with Crippen molar-refractivity contribution in [2.75, 3.05) is 11.9 Å².